The molecule has 6 heteroatoms. The van der Waals surface area contributed by atoms with Crippen molar-refractivity contribution in [2.75, 3.05) is 41.0 Å². The first kappa shape index (κ1) is 16.4. The number of carbonyl (C=O) groups is 1. The minimum Gasteiger partial charge on any atom is -0.454 e. The van der Waals surface area contributed by atoms with Gasteiger partial charge in [0.25, 0.3) is 0 Å². The average Bonchev–Trinajstić information content (AvgIpc) is 3.00. The van der Waals surface area contributed by atoms with Gasteiger partial charge in [0.1, 0.15) is 5.75 Å². The molecule has 0 aliphatic carbocycles. The Morgan fingerprint density at radius 3 is 2.62 bits per heavy atom. The van der Waals surface area contributed by atoms with Crippen LogP contribution in [-0.2, 0) is 0 Å². The van der Waals surface area contributed by atoms with Gasteiger partial charge in [-0.25, -0.2) is 4.79 Å². The molecule has 2 aromatic rings. The molecule has 6 nitrogen and oxygen atoms in total. The summed E-state index contributed by atoms with van der Waals surface area (Å²) in [5.41, 5.74) is 0. The van der Waals surface area contributed by atoms with Crippen molar-refractivity contribution in [3.05, 3.63) is 30.3 Å². The summed E-state index contributed by atoms with van der Waals surface area (Å²) in [6.45, 7) is 1.79. The molecule has 0 saturated heterocycles. The summed E-state index contributed by atoms with van der Waals surface area (Å²) in [5, 5.41) is 1.77. The summed E-state index contributed by atoms with van der Waals surface area (Å²) in [4.78, 5) is 16.0. The lowest BCUT2D eigenvalue weighted by molar-refractivity contribution is 0.161. The Morgan fingerprint density at radius 1 is 1.12 bits per heavy atom. The Bertz CT molecular complexity index is 745. The van der Waals surface area contributed by atoms with Gasteiger partial charge in [0.05, 0.1) is 0 Å². The molecule has 0 saturated carbocycles. The minimum absolute atomic E-state index is 0.218. The summed E-state index contributed by atoms with van der Waals surface area (Å²) < 4.78 is 16.4. The van der Waals surface area contributed by atoms with Crippen LogP contribution in [0.25, 0.3) is 10.8 Å². The molecule has 0 radical (unpaired) electrons. The number of fused-ring (bicyclic) bond motifs is 2. The molecule has 2 aromatic carbocycles. The van der Waals surface area contributed by atoms with E-state index in [0.717, 1.165) is 23.7 Å². The van der Waals surface area contributed by atoms with Gasteiger partial charge in [0.2, 0.25) is 6.79 Å². The fraction of sp³-hybridized carbons (Fsp3) is 0.389. The second-order valence-electron chi connectivity index (χ2n) is 6.13. The highest BCUT2D eigenvalue weighted by Crippen LogP contribution is 2.39. The third kappa shape index (κ3) is 3.54. The largest absolute Gasteiger partial charge is 0.454 e. The first-order valence-corrected chi connectivity index (χ1v) is 7.94. The van der Waals surface area contributed by atoms with Gasteiger partial charge in [-0.15, -0.1) is 0 Å². The number of carbonyl (C=O) groups excluding carboxylic acids is 1. The zero-order chi connectivity index (χ0) is 17.1. The van der Waals surface area contributed by atoms with E-state index in [1.54, 1.807) is 18.0 Å². The van der Waals surface area contributed by atoms with Gasteiger partial charge in [-0.2, -0.15) is 0 Å². The molecule has 1 aliphatic heterocycles. The maximum atomic E-state index is 12.3. The van der Waals surface area contributed by atoms with Crippen LogP contribution in [0, 0.1) is 0 Å². The molecule has 0 unspecified atom stereocenters. The van der Waals surface area contributed by atoms with Crippen LogP contribution in [-0.4, -0.2) is 56.9 Å². The molecule has 0 aromatic heterocycles. The van der Waals surface area contributed by atoms with Crippen molar-refractivity contribution < 1.29 is 19.0 Å². The molecule has 3 rings (SSSR count). The first-order valence-electron chi connectivity index (χ1n) is 7.94. The highest BCUT2D eigenvalue weighted by atomic mass is 16.7. The quantitative estimate of drug-likeness (QED) is 0.844. The van der Waals surface area contributed by atoms with Crippen LogP contribution in [0.2, 0.25) is 0 Å². The van der Waals surface area contributed by atoms with Crippen LogP contribution in [0.3, 0.4) is 0 Å². The topological polar surface area (TPSA) is 51.2 Å². The Kier molecular flexibility index (Phi) is 4.76. The lowest BCUT2D eigenvalue weighted by Gasteiger charge is -2.18. The van der Waals surface area contributed by atoms with E-state index >= 15 is 0 Å². The standard InChI is InChI=1S/C18H22N2O4/c1-19(2)8-5-9-20(3)18(21)24-15-7-4-6-13-10-16-17(11-14(13)15)23-12-22-16/h4,6-7,10-11H,5,8-9,12H2,1-3H3. The van der Waals surface area contributed by atoms with Crippen LogP contribution in [0.15, 0.2) is 30.3 Å². The van der Waals surface area contributed by atoms with Gasteiger partial charge in [-0.1, -0.05) is 12.1 Å². The Hall–Kier alpha value is -2.47. The van der Waals surface area contributed by atoms with Gasteiger partial charge in [0.15, 0.2) is 11.5 Å². The fourth-order valence-electron chi connectivity index (χ4n) is 2.61. The number of hydrogen-bond donors (Lipinski definition) is 0. The van der Waals surface area contributed by atoms with Crippen molar-refractivity contribution in [3.63, 3.8) is 0 Å². The molecule has 128 valence electrons. The average molecular weight is 330 g/mol. The summed E-state index contributed by atoms with van der Waals surface area (Å²) in [7, 11) is 5.77. The van der Waals surface area contributed by atoms with E-state index in [4.69, 9.17) is 14.2 Å². The molecule has 1 amide bonds. The summed E-state index contributed by atoms with van der Waals surface area (Å²) in [6, 6.07) is 9.35. The van der Waals surface area contributed by atoms with Crippen LogP contribution < -0.4 is 14.2 Å². The van der Waals surface area contributed by atoms with Crippen LogP contribution in [0.1, 0.15) is 6.42 Å². The van der Waals surface area contributed by atoms with Gasteiger partial charge in [0, 0.05) is 19.0 Å². The van der Waals surface area contributed by atoms with Gasteiger partial charge in [-0.05, 0) is 50.6 Å². The molecule has 0 spiro atoms. The van der Waals surface area contributed by atoms with Crippen molar-refractivity contribution in [3.8, 4) is 17.2 Å². The van der Waals surface area contributed by atoms with E-state index in [-0.39, 0.29) is 12.9 Å². The van der Waals surface area contributed by atoms with Gasteiger partial charge in [-0.3, -0.25) is 0 Å². The highest BCUT2D eigenvalue weighted by Gasteiger charge is 2.18. The Balaban J connectivity index is 1.74. The normalized spacial score (nSPS) is 12.7. The zero-order valence-corrected chi connectivity index (χ0v) is 14.2. The van der Waals surface area contributed by atoms with Crippen molar-refractivity contribution >= 4 is 16.9 Å². The van der Waals surface area contributed by atoms with E-state index in [2.05, 4.69) is 4.90 Å². The number of rotatable bonds is 5. The van der Waals surface area contributed by atoms with Gasteiger partial charge >= 0.3 is 6.09 Å². The Labute approximate surface area is 141 Å². The number of benzene rings is 2. The summed E-state index contributed by atoms with van der Waals surface area (Å²) in [6.07, 6.45) is 0.534. The number of amides is 1. The van der Waals surface area contributed by atoms with Crippen LogP contribution in [0.4, 0.5) is 4.79 Å². The summed E-state index contributed by atoms with van der Waals surface area (Å²) in [5.74, 6) is 1.91. The highest BCUT2D eigenvalue weighted by molar-refractivity contribution is 5.93. The molecule has 1 aliphatic rings. The first-order chi connectivity index (χ1) is 11.5. The molecule has 1 heterocycles. The van der Waals surface area contributed by atoms with Crippen LogP contribution in [0.5, 0.6) is 17.2 Å². The van der Waals surface area contributed by atoms with Crippen molar-refractivity contribution in [1.29, 1.82) is 0 Å². The zero-order valence-electron chi connectivity index (χ0n) is 14.2. The van der Waals surface area contributed by atoms with Crippen molar-refractivity contribution in [2.45, 2.75) is 6.42 Å². The molecule has 0 fully saturated rings. The summed E-state index contributed by atoms with van der Waals surface area (Å²) >= 11 is 0. The molecular formula is C18H22N2O4. The third-order valence-corrected chi connectivity index (χ3v) is 3.94. The maximum Gasteiger partial charge on any atom is 0.414 e. The molecule has 0 N–H and O–H groups in total. The van der Waals surface area contributed by atoms with E-state index < -0.39 is 0 Å². The number of ether oxygens (including phenoxy) is 3. The van der Waals surface area contributed by atoms with E-state index in [9.17, 15) is 4.79 Å². The molecular weight excluding hydrogens is 308 g/mol. The van der Waals surface area contributed by atoms with Crippen molar-refractivity contribution in [2.24, 2.45) is 0 Å². The lowest BCUT2D eigenvalue weighted by atomic mass is 10.1. The van der Waals surface area contributed by atoms with Crippen molar-refractivity contribution in [1.82, 2.24) is 9.80 Å². The number of nitrogens with zero attached hydrogens (tertiary/aromatic N) is 2. The maximum absolute atomic E-state index is 12.3. The minimum atomic E-state index is -0.362. The van der Waals surface area contributed by atoms with E-state index in [0.29, 0.717) is 23.8 Å². The van der Waals surface area contributed by atoms with Gasteiger partial charge < -0.3 is 24.0 Å². The lowest BCUT2D eigenvalue weighted by Crippen LogP contribution is -2.32. The molecule has 0 bridgehead atoms. The fourth-order valence-corrected chi connectivity index (χ4v) is 2.61. The van der Waals surface area contributed by atoms with E-state index in [1.807, 2.05) is 38.4 Å². The Morgan fingerprint density at radius 2 is 1.88 bits per heavy atom. The predicted molar refractivity (Wildman–Crippen MR) is 91.9 cm³/mol. The monoisotopic (exact) mass is 330 g/mol. The molecule has 24 heavy (non-hydrogen) atoms. The third-order valence-electron chi connectivity index (χ3n) is 3.94. The van der Waals surface area contributed by atoms with E-state index in [1.165, 1.54) is 0 Å². The SMILES string of the molecule is CN(C)CCCN(C)C(=O)Oc1cccc2cc3c(cc12)OCO3. The number of hydrogen-bond acceptors (Lipinski definition) is 5. The second-order valence-corrected chi connectivity index (χ2v) is 6.13. The van der Waals surface area contributed by atoms with Crippen LogP contribution >= 0.6 is 0 Å². The molecule has 0 atom stereocenters. The smallest absolute Gasteiger partial charge is 0.414 e. The predicted octanol–water partition coefficient (Wildman–Crippen LogP) is 2.95. The second kappa shape index (κ2) is 6.97.